The van der Waals surface area contributed by atoms with Crippen LogP contribution in [-0.4, -0.2) is 18.4 Å². The van der Waals surface area contributed by atoms with Crippen LogP contribution in [-0.2, 0) is 0 Å². The van der Waals surface area contributed by atoms with Crippen LogP contribution in [0.2, 0.25) is 0 Å². The second-order valence-electron chi connectivity index (χ2n) is 5.77. The maximum Gasteiger partial charge on any atom is 0.205 e. The molecule has 0 bridgehead atoms. The Balaban J connectivity index is 2.78. The highest BCUT2D eigenvalue weighted by molar-refractivity contribution is 14.1. The van der Waals surface area contributed by atoms with E-state index in [0.717, 1.165) is 20.8 Å². The van der Waals surface area contributed by atoms with Crippen LogP contribution in [0.3, 0.4) is 0 Å². The lowest BCUT2D eigenvalue weighted by atomic mass is 10.00. The lowest BCUT2D eigenvalue weighted by Gasteiger charge is -2.41. The summed E-state index contributed by atoms with van der Waals surface area (Å²) in [5, 5.41) is 9.13. The molecule has 0 aliphatic carbocycles. The highest BCUT2D eigenvalue weighted by atomic mass is 127. The number of rotatable bonds is 0. The van der Waals surface area contributed by atoms with Crippen LogP contribution in [0.5, 0.6) is 0 Å². The first-order valence-corrected chi connectivity index (χ1v) is 6.96. The van der Waals surface area contributed by atoms with E-state index in [1.807, 2.05) is 12.1 Å². The molecule has 1 aromatic carbocycles. The van der Waals surface area contributed by atoms with Gasteiger partial charge in [-0.1, -0.05) is 0 Å². The standard InChI is InChI=1S/C14H17IN3/c1-9-17-13-11(15)6-10(8-16)7-12(13)18(9,5)14(2,3)4/h6-7H,1-5H3/q+1. The fraction of sp³-hybridized carbons (Fsp3) is 0.429. The maximum atomic E-state index is 9.13. The number of amidine groups is 1. The maximum absolute atomic E-state index is 9.13. The number of nitrogens with zero attached hydrogens (tertiary/aromatic N) is 3. The molecule has 0 saturated heterocycles. The van der Waals surface area contributed by atoms with E-state index in [9.17, 15) is 0 Å². The smallest absolute Gasteiger partial charge is 0.205 e. The number of hydrogen-bond acceptors (Lipinski definition) is 2. The molecule has 1 aromatic rings. The van der Waals surface area contributed by atoms with Crippen molar-refractivity contribution in [1.29, 1.82) is 5.26 Å². The SMILES string of the molecule is CC1=Nc2c(I)cc(C#N)cc2[N+]1(C)C(C)(C)C. The zero-order chi connectivity index (χ0) is 13.7. The number of fused-ring (bicyclic) bond motifs is 1. The third-order valence-electron chi connectivity index (χ3n) is 3.92. The van der Waals surface area contributed by atoms with E-state index in [2.05, 4.69) is 63.4 Å². The molecule has 4 heteroatoms. The van der Waals surface area contributed by atoms with Gasteiger partial charge in [0.2, 0.25) is 5.84 Å². The van der Waals surface area contributed by atoms with Crippen LogP contribution in [0.4, 0.5) is 11.4 Å². The summed E-state index contributed by atoms with van der Waals surface area (Å²) in [7, 11) is 2.17. The van der Waals surface area contributed by atoms with E-state index in [1.54, 1.807) is 0 Å². The summed E-state index contributed by atoms with van der Waals surface area (Å²) in [6.45, 7) is 8.67. The van der Waals surface area contributed by atoms with Gasteiger partial charge in [0.05, 0.1) is 18.7 Å². The second-order valence-corrected chi connectivity index (χ2v) is 6.94. The van der Waals surface area contributed by atoms with Crippen molar-refractivity contribution < 1.29 is 0 Å². The molecule has 94 valence electrons. The summed E-state index contributed by atoms with van der Waals surface area (Å²) in [5.74, 6) is 1.07. The van der Waals surface area contributed by atoms with Crippen LogP contribution in [0.1, 0.15) is 33.3 Å². The van der Waals surface area contributed by atoms with Gasteiger partial charge in [-0.15, -0.1) is 0 Å². The third kappa shape index (κ3) is 1.69. The molecule has 3 nitrogen and oxygen atoms in total. The van der Waals surface area contributed by atoms with Crippen LogP contribution in [0.15, 0.2) is 17.1 Å². The second kappa shape index (κ2) is 4.04. The Kier molecular flexibility index (Phi) is 3.03. The first-order valence-electron chi connectivity index (χ1n) is 5.88. The summed E-state index contributed by atoms with van der Waals surface area (Å²) < 4.78 is 1.71. The molecule has 1 aliphatic rings. The highest BCUT2D eigenvalue weighted by Gasteiger charge is 2.47. The number of aliphatic imine (C=N–C) groups is 1. The average Bonchev–Trinajstić information content (AvgIpc) is 2.53. The quantitative estimate of drug-likeness (QED) is 0.513. The van der Waals surface area contributed by atoms with E-state index in [-0.39, 0.29) is 5.54 Å². The van der Waals surface area contributed by atoms with Gasteiger partial charge < -0.3 is 0 Å². The average molecular weight is 354 g/mol. The van der Waals surface area contributed by atoms with Gasteiger partial charge in [0.15, 0.2) is 5.69 Å². The topological polar surface area (TPSA) is 36.1 Å². The van der Waals surface area contributed by atoms with E-state index in [4.69, 9.17) is 10.3 Å². The van der Waals surface area contributed by atoms with Gasteiger partial charge in [-0.25, -0.2) is 4.48 Å². The Bertz CT molecular complexity index is 590. The molecular weight excluding hydrogens is 337 g/mol. The highest BCUT2D eigenvalue weighted by Crippen LogP contribution is 2.47. The van der Waals surface area contributed by atoms with Gasteiger partial charge in [0.1, 0.15) is 11.2 Å². The van der Waals surface area contributed by atoms with Crippen molar-refractivity contribution in [1.82, 2.24) is 4.48 Å². The summed E-state index contributed by atoms with van der Waals surface area (Å²) in [6, 6.07) is 6.11. The Morgan fingerprint density at radius 3 is 2.44 bits per heavy atom. The molecule has 0 radical (unpaired) electrons. The van der Waals surface area contributed by atoms with Gasteiger partial charge in [-0.05, 0) is 49.4 Å². The fourth-order valence-corrected chi connectivity index (χ4v) is 3.12. The molecule has 1 heterocycles. The fourth-order valence-electron chi connectivity index (χ4n) is 2.38. The van der Waals surface area contributed by atoms with Crippen molar-refractivity contribution in [3.05, 3.63) is 21.3 Å². The molecule has 0 aromatic heterocycles. The summed E-state index contributed by atoms with van der Waals surface area (Å²) in [6.07, 6.45) is 0. The predicted molar refractivity (Wildman–Crippen MR) is 84.1 cm³/mol. The predicted octanol–water partition coefficient (Wildman–Crippen LogP) is 3.96. The first-order chi connectivity index (χ1) is 8.21. The minimum Gasteiger partial charge on any atom is -0.243 e. The molecule has 1 unspecified atom stereocenters. The van der Waals surface area contributed by atoms with Gasteiger partial charge >= 0.3 is 0 Å². The zero-order valence-corrected chi connectivity index (χ0v) is 13.5. The molecular formula is C14H17IN3+. The number of benzene rings is 1. The summed E-state index contributed by atoms with van der Waals surface area (Å²) >= 11 is 2.26. The molecule has 0 N–H and O–H groups in total. The third-order valence-corrected chi connectivity index (χ3v) is 4.74. The monoisotopic (exact) mass is 354 g/mol. The molecule has 1 atom stereocenters. The normalized spacial score (nSPS) is 22.4. The largest absolute Gasteiger partial charge is 0.243 e. The van der Waals surface area contributed by atoms with E-state index in [0.29, 0.717) is 10.0 Å². The number of quaternary nitrogens is 1. The number of halogens is 1. The minimum atomic E-state index is 0.00991. The lowest BCUT2D eigenvalue weighted by Crippen LogP contribution is -2.60. The molecule has 18 heavy (non-hydrogen) atoms. The van der Waals surface area contributed by atoms with Crippen molar-refractivity contribution in [2.24, 2.45) is 4.99 Å². The van der Waals surface area contributed by atoms with Gasteiger partial charge in [0, 0.05) is 16.6 Å². The van der Waals surface area contributed by atoms with Crippen LogP contribution < -0.4 is 4.48 Å². The van der Waals surface area contributed by atoms with Crippen molar-refractivity contribution >= 4 is 39.8 Å². The number of nitriles is 1. The van der Waals surface area contributed by atoms with E-state index >= 15 is 0 Å². The zero-order valence-electron chi connectivity index (χ0n) is 11.4. The summed E-state index contributed by atoms with van der Waals surface area (Å²) in [5.41, 5.74) is 2.86. The van der Waals surface area contributed by atoms with Crippen molar-refractivity contribution in [3.8, 4) is 6.07 Å². The molecule has 0 amide bonds. The Morgan fingerprint density at radius 1 is 1.33 bits per heavy atom. The molecule has 1 aliphatic heterocycles. The minimum absolute atomic E-state index is 0.00991. The lowest BCUT2D eigenvalue weighted by molar-refractivity contribution is 0.283. The Morgan fingerprint density at radius 2 is 1.94 bits per heavy atom. The summed E-state index contributed by atoms with van der Waals surface area (Å²) in [4.78, 5) is 4.72. The van der Waals surface area contributed by atoms with Crippen LogP contribution in [0, 0.1) is 14.9 Å². The van der Waals surface area contributed by atoms with Crippen LogP contribution >= 0.6 is 22.6 Å². The van der Waals surface area contributed by atoms with Crippen molar-refractivity contribution in [2.75, 3.05) is 7.05 Å². The first kappa shape index (κ1) is 13.5. The van der Waals surface area contributed by atoms with Crippen molar-refractivity contribution in [3.63, 3.8) is 0 Å². The molecule has 2 rings (SSSR count). The molecule has 0 saturated carbocycles. The molecule has 0 spiro atoms. The van der Waals surface area contributed by atoms with E-state index < -0.39 is 0 Å². The number of hydrogen-bond donors (Lipinski definition) is 0. The Labute approximate surface area is 122 Å². The Hall–Kier alpha value is -0.930. The van der Waals surface area contributed by atoms with Gasteiger partial charge in [-0.2, -0.15) is 10.3 Å². The van der Waals surface area contributed by atoms with Gasteiger partial charge in [0.25, 0.3) is 0 Å². The van der Waals surface area contributed by atoms with Gasteiger partial charge in [-0.3, -0.25) is 0 Å². The molecule has 0 fully saturated rings. The van der Waals surface area contributed by atoms with E-state index in [1.165, 1.54) is 0 Å². The van der Waals surface area contributed by atoms with Crippen molar-refractivity contribution in [2.45, 2.75) is 33.2 Å². The van der Waals surface area contributed by atoms with Crippen LogP contribution in [0.25, 0.3) is 0 Å².